The van der Waals surface area contributed by atoms with Crippen LogP contribution in [0.15, 0.2) is 33.5 Å². The maximum atomic E-state index is 11.5. The monoisotopic (exact) mass is 212 g/mol. The molecule has 0 bridgehead atoms. The molecule has 4 nitrogen and oxygen atoms in total. The molecule has 0 aliphatic heterocycles. The van der Waals surface area contributed by atoms with Crippen molar-refractivity contribution in [3.63, 3.8) is 0 Å². The standard InChI is InChI=1S/C9H10NO3S/c1-7-4-2-3-5-8(7)14(13)10-6-9(11)12/h2-5H,6H2,1H3,(H,11,12)/q-1. The summed E-state index contributed by atoms with van der Waals surface area (Å²) in [4.78, 5) is 10.8. The van der Waals surface area contributed by atoms with Crippen LogP contribution in [0, 0.1) is 6.92 Å². The summed E-state index contributed by atoms with van der Waals surface area (Å²) in [6, 6.07) is 7.06. The molecule has 76 valence electrons. The predicted octanol–water partition coefficient (Wildman–Crippen LogP) is 1.59. The van der Waals surface area contributed by atoms with Gasteiger partial charge in [-0.15, -0.1) is 0 Å². The second kappa shape index (κ2) is 4.76. The number of aryl methyl sites for hydroxylation is 1. The minimum Gasteiger partial charge on any atom is -0.480 e. The molecule has 0 spiro atoms. The van der Waals surface area contributed by atoms with Gasteiger partial charge in [0, 0.05) is 0 Å². The number of benzene rings is 1. The summed E-state index contributed by atoms with van der Waals surface area (Å²) in [5.41, 5.74) is 0.847. The number of hydrogen-bond donors (Lipinski definition) is 1. The van der Waals surface area contributed by atoms with Gasteiger partial charge in [-0.25, -0.2) is 0 Å². The summed E-state index contributed by atoms with van der Waals surface area (Å²) in [5, 5.41) is 8.35. The normalized spacial score (nSPS) is 12.6. The van der Waals surface area contributed by atoms with Crippen molar-refractivity contribution in [2.45, 2.75) is 11.8 Å². The molecule has 1 aromatic carbocycles. The van der Waals surface area contributed by atoms with Gasteiger partial charge >= 0.3 is 5.97 Å². The zero-order chi connectivity index (χ0) is 10.6. The number of carbonyl (C=O) groups is 1. The fraction of sp³-hybridized carbons (Fsp3) is 0.222. The van der Waals surface area contributed by atoms with E-state index in [0.717, 1.165) is 5.56 Å². The Balaban J connectivity index is 2.95. The van der Waals surface area contributed by atoms with Gasteiger partial charge in [0.15, 0.2) is 0 Å². The molecule has 0 aromatic heterocycles. The van der Waals surface area contributed by atoms with E-state index in [9.17, 15) is 9.00 Å². The molecule has 0 saturated carbocycles. The van der Waals surface area contributed by atoms with Crippen molar-refractivity contribution in [3.8, 4) is 0 Å². The number of carboxylic acid groups (broad SMARTS) is 1. The molecule has 0 radical (unpaired) electrons. The van der Waals surface area contributed by atoms with Crippen LogP contribution in [0.2, 0.25) is 0 Å². The Labute approximate surface area is 83.8 Å². The van der Waals surface area contributed by atoms with Crippen LogP contribution < -0.4 is 0 Å². The number of carboxylic acids is 1. The van der Waals surface area contributed by atoms with Crippen molar-refractivity contribution in [1.82, 2.24) is 0 Å². The lowest BCUT2D eigenvalue weighted by atomic mass is 10.2. The summed E-state index contributed by atoms with van der Waals surface area (Å²) in [7, 11) is -1.57. The average molecular weight is 212 g/mol. The molecule has 0 saturated heterocycles. The lowest BCUT2D eigenvalue weighted by Gasteiger charge is -2.07. The maximum Gasteiger partial charge on any atom is 0.322 e. The van der Waals surface area contributed by atoms with E-state index in [0.29, 0.717) is 4.90 Å². The molecular weight excluding hydrogens is 202 g/mol. The Morgan fingerprint density at radius 3 is 2.71 bits per heavy atom. The van der Waals surface area contributed by atoms with Gasteiger partial charge in [-0.1, -0.05) is 34.7 Å². The Hall–Kier alpha value is -1.36. The summed E-state index contributed by atoms with van der Waals surface area (Å²) in [6.07, 6.45) is 0. The van der Waals surface area contributed by atoms with Gasteiger partial charge in [-0.05, 0) is 6.92 Å². The molecular formula is C9H10NO3S-. The van der Waals surface area contributed by atoms with Crippen LogP contribution in [-0.4, -0.2) is 17.6 Å². The van der Waals surface area contributed by atoms with Crippen LogP contribution in [0.5, 0.6) is 0 Å². The fourth-order valence-electron chi connectivity index (χ4n) is 0.936. The first-order valence-electron chi connectivity index (χ1n) is 3.98. The summed E-state index contributed by atoms with van der Waals surface area (Å²) >= 11 is 0. The molecule has 0 amide bonds. The van der Waals surface area contributed by atoms with Crippen molar-refractivity contribution in [3.05, 3.63) is 29.8 Å². The van der Waals surface area contributed by atoms with Gasteiger partial charge in [0.25, 0.3) is 0 Å². The van der Waals surface area contributed by atoms with E-state index in [1.54, 1.807) is 12.1 Å². The van der Waals surface area contributed by atoms with Crippen molar-refractivity contribution in [2.24, 2.45) is 4.36 Å². The molecule has 1 aromatic rings. The van der Waals surface area contributed by atoms with Crippen LogP contribution in [0.4, 0.5) is 0 Å². The Morgan fingerprint density at radius 2 is 2.14 bits per heavy atom. The topological polar surface area (TPSA) is 66.7 Å². The highest BCUT2D eigenvalue weighted by atomic mass is 32.2. The quantitative estimate of drug-likeness (QED) is 0.773. The van der Waals surface area contributed by atoms with Gasteiger partial charge in [0.1, 0.15) is 6.54 Å². The lowest BCUT2D eigenvalue weighted by Crippen LogP contribution is -1.99. The summed E-state index contributed by atoms with van der Waals surface area (Å²) in [6.45, 7) is 1.38. The molecule has 5 heteroatoms. The summed E-state index contributed by atoms with van der Waals surface area (Å²) in [5.74, 6) is -1.08. The average Bonchev–Trinajstić information content (AvgIpc) is 2.15. The van der Waals surface area contributed by atoms with E-state index in [1.807, 2.05) is 19.1 Å². The molecule has 0 atom stereocenters. The Kier molecular flexibility index (Phi) is 3.64. The lowest BCUT2D eigenvalue weighted by molar-refractivity contribution is -0.135. The number of rotatable bonds is 3. The minimum absolute atomic E-state index is 0.430. The first-order valence-corrected chi connectivity index (χ1v) is 5.08. The molecule has 0 aliphatic carbocycles. The highest BCUT2D eigenvalue weighted by Gasteiger charge is 1.90. The van der Waals surface area contributed by atoms with E-state index in [1.165, 1.54) is 0 Å². The zero-order valence-corrected chi connectivity index (χ0v) is 8.45. The van der Waals surface area contributed by atoms with E-state index in [-0.39, 0.29) is 0 Å². The zero-order valence-electron chi connectivity index (χ0n) is 7.64. The van der Waals surface area contributed by atoms with Crippen LogP contribution in [0.3, 0.4) is 0 Å². The molecule has 1 N–H and O–H groups in total. The highest BCUT2D eigenvalue weighted by Crippen LogP contribution is 2.09. The third kappa shape index (κ3) is 2.85. The fourth-order valence-corrected chi connectivity index (χ4v) is 1.84. The summed E-state index contributed by atoms with van der Waals surface area (Å²) < 4.78 is 15.0. The molecule has 0 fully saturated rings. The van der Waals surface area contributed by atoms with E-state index in [2.05, 4.69) is 4.36 Å². The largest absolute Gasteiger partial charge is 0.480 e. The third-order valence-corrected chi connectivity index (χ3v) is 2.80. The van der Waals surface area contributed by atoms with Gasteiger partial charge < -0.3 is 13.7 Å². The minimum atomic E-state index is -1.57. The molecule has 0 heterocycles. The highest BCUT2D eigenvalue weighted by molar-refractivity contribution is 7.75. The molecule has 0 aliphatic rings. The Bertz CT molecular complexity index is 422. The maximum absolute atomic E-state index is 11.5. The van der Waals surface area contributed by atoms with Crippen molar-refractivity contribution >= 4 is 16.6 Å². The number of nitrogens with zero attached hydrogens (tertiary/aromatic N) is 1. The van der Waals surface area contributed by atoms with Gasteiger partial charge in [-0.2, -0.15) is 10.6 Å². The predicted molar refractivity (Wildman–Crippen MR) is 52.4 cm³/mol. The van der Waals surface area contributed by atoms with Gasteiger partial charge in [0.2, 0.25) is 0 Å². The van der Waals surface area contributed by atoms with Crippen LogP contribution >= 0.6 is 0 Å². The molecule has 0 unspecified atom stereocenters. The van der Waals surface area contributed by atoms with Crippen molar-refractivity contribution < 1.29 is 14.1 Å². The first-order chi connectivity index (χ1) is 6.61. The van der Waals surface area contributed by atoms with Gasteiger partial charge in [-0.3, -0.25) is 4.79 Å². The molecule has 1 rings (SSSR count). The third-order valence-electron chi connectivity index (χ3n) is 1.60. The van der Waals surface area contributed by atoms with Crippen molar-refractivity contribution in [1.29, 1.82) is 0 Å². The van der Waals surface area contributed by atoms with E-state index < -0.39 is 23.1 Å². The second-order valence-electron chi connectivity index (χ2n) is 2.70. The molecule has 14 heavy (non-hydrogen) atoms. The van der Waals surface area contributed by atoms with Crippen molar-refractivity contribution in [2.75, 3.05) is 6.54 Å². The Morgan fingerprint density at radius 1 is 1.50 bits per heavy atom. The SMILES string of the molecule is Cc1ccccc1[S-](=O)=NCC(=O)O. The van der Waals surface area contributed by atoms with Gasteiger partial charge in [0.05, 0.1) is 0 Å². The van der Waals surface area contributed by atoms with E-state index in [4.69, 9.17) is 5.11 Å². The van der Waals surface area contributed by atoms with Crippen LogP contribution in [-0.2, 0) is 19.6 Å². The second-order valence-corrected chi connectivity index (χ2v) is 3.89. The van der Waals surface area contributed by atoms with Crippen LogP contribution in [0.25, 0.3) is 0 Å². The number of hydrogen-bond acceptors (Lipinski definition) is 4. The number of aliphatic carboxylic acids is 1. The van der Waals surface area contributed by atoms with Crippen LogP contribution in [0.1, 0.15) is 5.56 Å². The first kappa shape index (κ1) is 10.7. The van der Waals surface area contributed by atoms with E-state index >= 15 is 0 Å². The smallest absolute Gasteiger partial charge is 0.322 e.